The predicted octanol–water partition coefficient (Wildman–Crippen LogP) is 2.91. The number of hydrogen-bond acceptors (Lipinski definition) is 4. The molecule has 0 saturated carbocycles. The van der Waals surface area contributed by atoms with Crippen molar-refractivity contribution >= 4 is 34.4 Å². The molecule has 2 heterocycles. The zero-order valence-corrected chi connectivity index (χ0v) is 17.4. The first-order chi connectivity index (χ1) is 15.0. The van der Waals surface area contributed by atoms with Crippen molar-refractivity contribution in [1.29, 1.82) is 0 Å². The summed E-state index contributed by atoms with van der Waals surface area (Å²) in [5, 5.41) is 8.39. The summed E-state index contributed by atoms with van der Waals surface area (Å²) in [6.07, 6.45) is 0.663. The molecule has 1 aliphatic heterocycles. The highest BCUT2D eigenvalue weighted by Crippen LogP contribution is 2.25. The van der Waals surface area contributed by atoms with Gasteiger partial charge in [0.2, 0.25) is 11.8 Å². The molecule has 0 spiro atoms. The van der Waals surface area contributed by atoms with Crippen LogP contribution in [0.2, 0.25) is 0 Å². The molecule has 31 heavy (non-hydrogen) atoms. The van der Waals surface area contributed by atoms with Gasteiger partial charge in [-0.15, -0.1) is 0 Å². The molecule has 1 aliphatic rings. The van der Waals surface area contributed by atoms with Crippen LogP contribution in [0.3, 0.4) is 0 Å². The number of benzene rings is 2. The first-order valence-electron chi connectivity index (χ1n) is 10.4. The third-order valence-corrected chi connectivity index (χ3v) is 5.67. The van der Waals surface area contributed by atoms with Crippen molar-refractivity contribution in [2.24, 2.45) is 5.92 Å². The van der Waals surface area contributed by atoms with Crippen LogP contribution in [0.1, 0.15) is 48.9 Å². The van der Waals surface area contributed by atoms with Crippen LogP contribution in [0.15, 0.2) is 48.5 Å². The maximum Gasteiger partial charge on any atom is 0.254 e. The highest BCUT2D eigenvalue weighted by atomic mass is 16.2. The Bertz CT molecular complexity index is 1110. The number of anilines is 1. The molecule has 2 aromatic carbocycles. The number of amides is 3. The Hall–Kier alpha value is -3.68. The van der Waals surface area contributed by atoms with Gasteiger partial charge in [-0.2, -0.15) is 0 Å². The molecule has 8 heteroatoms. The Morgan fingerprint density at radius 2 is 1.87 bits per heavy atom. The van der Waals surface area contributed by atoms with E-state index in [1.54, 1.807) is 24.3 Å². The van der Waals surface area contributed by atoms with Gasteiger partial charge in [0.1, 0.15) is 11.9 Å². The molecule has 1 unspecified atom stereocenters. The SMILES string of the molecule is CC[C@H](C)[C@H](NC(=O)CC1NC(=O)c2ccccc2NC1=O)c1nc2ccccc2[nH]1. The Kier molecular flexibility index (Phi) is 5.70. The number of aromatic amines is 1. The van der Waals surface area contributed by atoms with Crippen molar-refractivity contribution in [3.63, 3.8) is 0 Å². The topological polar surface area (TPSA) is 116 Å². The highest BCUT2D eigenvalue weighted by Gasteiger charge is 2.31. The molecule has 4 N–H and O–H groups in total. The van der Waals surface area contributed by atoms with E-state index in [0.29, 0.717) is 17.1 Å². The molecule has 4 rings (SSSR count). The number of nitrogens with zero attached hydrogens (tertiary/aromatic N) is 1. The lowest BCUT2D eigenvalue weighted by molar-refractivity contribution is -0.126. The van der Waals surface area contributed by atoms with Gasteiger partial charge >= 0.3 is 0 Å². The van der Waals surface area contributed by atoms with E-state index in [2.05, 4.69) is 25.9 Å². The van der Waals surface area contributed by atoms with Gasteiger partial charge in [0, 0.05) is 0 Å². The van der Waals surface area contributed by atoms with E-state index in [1.807, 2.05) is 38.1 Å². The van der Waals surface area contributed by atoms with Crippen LogP contribution in [0.5, 0.6) is 0 Å². The van der Waals surface area contributed by atoms with Gasteiger partial charge in [-0.1, -0.05) is 44.5 Å². The average Bonchev–Trinajstić information content (AvgIpc) is 3.15. The number of nitrogens with one attached hydrogen (secondary N) is 4. The minimum Gasteiger partial charge on any atom is -0.346 e. The first kappa shape index (κ1) is 20.6. The molecule has 3 atom stereocenters. The molecule has 0 radical (unpaired) electrons. The predicted molar refractivity (Wildman–Crippen MR) is 117 cm³/mol. The average molecular weight is 419 g/mol. The lowest BCUT2D eigenvalue weighted by Crippen LogP contribution is -2.45. The standard InChI is InChI=1S/C23H25N5O3/c1-3-13(2)20(21-24-16-10-6-7-11-17(16)25-21)28-19(29)12-18-23(31)26-15-9-5-4-8-14(15)22(30)27-18/h4-11,13,18,20H,3,12H2,1-2H3,(H,24,25)(H,26,31)(H,27,30)(H,28,29)/t13-,18?,20-/m0/s1. The quantitative estimate of drug-likeness (QED) is 0.492. The summed E-state index contributed by atoms with van der Waals surface area (Å²) in [5.74, 6) is -0.353. The van der Waals surface area contributed by atoms with E-state index in [-0.39, 0.29) is 30.2 Å². The lowest BCUT2D eigenvalue weighted by Gasteiger charge is -2.23. The highest BCUT2D eigenvalue weighted by molar-refractivity contribution is 6.10. The van der Waals surface area contributed by atoms with Crippen LogP contribution >= 0.6 is 0 Å². The third-order valence-electron chi connectivity index (χ3n) is 5.67. The van der Waals surface area contributed by atoms with Crippen LogP contribution in [0, 0.1) is 5.92 Å². The third kappa shape index (κ3) is 4.28. The zero-order valence-electron chi connectivity index (χ0n) is 17.4. The van der Waals surface area contributed by atoms with E-state index < -0.39 is 11.9 Å². The summed E-state index contributed by atoms with van der Waals surface area (Å²) in [6.45, 7) is 4.08. The van der Waals surface area contributed by atoms with Gasteiger partial charge < -0.3 is 20.9 Å². The van der Waals surface area contributed by atoms with Gasteiger partial charge in [-0.05, 0) is 30.2 Å². The zero-order chi connectivity index (χ0) is 22.0. The smallest absolute Gasteiger partial charge is 0.254 e. The van der Waals surface area contributed by atoms with Crippen molar-refractivity contribution in [3.8, 4) is 0 Å². The fourth-order valence-corrected chi connectivity index (χ4v) is 3.71. The second-order valence-corrected chi connectivity index (χ2v) is 7.83. The number of H-pyrrole nitrogens is 1. The second kappa shape index (κ2) is 8.59. The van der Waals surface area contributed by atoms with E-state index in [0.717, 1.165) is 17.5 Å². The molecule has 0 saturated heterocycles. The Morgan fingerprint density at radius 1 is 1.13 bits per heavy atom. The summed E-state index contributed by atoms with van der Waals surface area (Å²) in [5.41, 5.74) is 2.53. The summed E-state index contributed by atoms with van der Waals surface area (Å²) in [4.78, 5) is 45.9. The molecule has 160 valence electrons. The monoisotopic (exact) mass is 419 g/mol. The summed E-state index contributed by atoms with van der Waals surface area (Å²) >= 11 is 0. The van der Waals surface area contributed by atoms with Gasteiger partial charge in [-0.25, -0.2) is 4.98 Å². The molecule has 0 aliphatic carbocycles. The number of fused-ring (bicyclic) bond motifs is 2. The number of carbonyl (C=O) groups is 3. The normalized spacial score (nSPS) is 17.8. The van der Waals surface area contributed by atoms with Crippen molar-refractivity contribution in [1.82, 2.24) is 20.6 Å². The summed E-state index contributed by atoms with van der Waals surface area (Å²) < 4.78 is 0. The largest absolute Gasteiger partial charge is 0.346 e. The Morgan fingerprint density at radius 3 is 2.65 bits per heavy atom. The number of hydrogen-bond donors (Lipinski definition) is 4. The molecule has 3 amide bonds. The van der Waals surface area contributed by atoms with Crippen molar-refractivity contribution in [3.05, 3.63) is 59.9 Å². The number of imidazole rings is 1. The van der Waals surface area contributed by atoms with Crippen molar-refractivity contribution < 1.29 is 14.4 Å². The second-order valence-electron chi connectivity index (χ2n) is 7.83. The molecular weight excluding hydrogens is 394 g/mol. The summed E-state index contributed by atoms with van der Waals surface area (Å²) in [6, 6.07) is 13.1. The molecule has 0 bridgehead atoms. The van der Waals surface area contributed by atoms with Gasteiger partial charge in [-0.3, -0.25) is 14.4 Å². The lowest BCUT2D eigenvalue weighted by atomic mass is 9.98. The van der Waals surface area contributed by atoms with Crippen molar-refractivity contribution in [2.75, 3.05) is 5.32 Å². The molecule has 1 aromatic heterocycles. The van der Waals surface area contributed by atoms with Crippen LogP contribution in [0.4, 0.5) is 5.69 Å². The fourth-order valence-electron chi connectivity index (χ4n) is 3.71. The number of rotatable bonds is 6. The summed E-state index contributed by atoms with van der Waals surface area (Å²) in [7, 11) is 0. The molecule has 0 fully saturated rings. The minimum atomic E-state index is -0.965. The van der Waals surface area contributed by atoms with Crippen LogP contribution in [-0.2, 0) is 9.59 Å². The minimum absolute atomic E-state index is 0.117. The maximum absolute atomic E-state index is 12.9. The maximum atomic E-state index is 12.9. The fraction of sp³-hybridized carbons (Fsp3) is 0.304. The van der Waals surface area contributed by atoms with E-state index in [9.17, 15) is 14.4 Å². The van der Waals surface area contributed by atoms with Crippen LogP contribution in [-0.4, -0.2) is 33.7 Å². The van der Waals surface area contributed by atoms with Crippen molar-refractivity contribution in [2.45, 2.75) is 38.8 Å². The van der Waals surface area contributed by atoms with E-state index in [1.165, 1.54) is 0 Å². The molecule has 8 nitrogen and oxygen atoms in total. The Labute approximate surface area is 179 Å². The van der Waals surface area contributed by atoms with Crippen LogP contribution < -0.4 is 16.0 Å². The first-order valence-corrected chi connectivity index (χ1v) is 10.4. The van der Waals surface area contributed by atoms with Gasteiger partial charge in [0.25, 0.3) is 5.91 Å². The van der Waals surface area contributed by atoms with Gasteiger partial charge in [0.05, 0.1) is 34.7 Å². The van der Waals surface area contributed by atoms with Crippen LogP contribution in [0.25, 0.3) is 11.0 Å². The number of aromatic nitrogens is 2. The Balaban J connectivity index is 1.50. The number of carbonyl (C=O) groups excluding carboxylic acids is 3. The van der Waals surface area contributed by atoms with Gasteiger partial charge in [0.15, 0.2) is 0 Å². The molecular formula is C23H25N5O3. The molecule has 3 aromatic rings. The van der Waals surface area contributed by atoms with E-state index >= 15 is 0 Å². The van der Waals surface area contributed by atoms with E-state index in [4.69, 9.17) is 0 Å². The number of para-hydroxylation sites is 3.